The van der Waals surface area contributed by atoms with Crippen LogP contribution in [0.15, 0.2) is 6.07 Å². The summed E-state index contributed by atoms with van der Waals surface area (Å²) in [6, 6.07) is 2.40. The lowest BCUT2D eigenvalue weighted by Crippen LogP contribution is -2.28. The zero-order valence-corrected chi connectivity index (χ0v) is 13.1. The Labute approximate surface area is 127 Å². The number of pyridine rings is 1. The van der Waals surface area contributed by atoms with Crippen molar-refractivity contribution in [1.82, 2.24) is 10.3 Å². The Morgan fingerprint density at radius 3 is 2.95 bits per heavy atom. The molecule has 2 heterocycles. The Morgan fingerprint density at radius 2 is 2.24 bits per heavy atom. The van der Waals surface area contributed by atoms with E-state index in [9.17, 15) is 4.79 Å². The molecule has 0 bridgehead atoms. The first-order chi connectivity index (χ1) is 9.95. The molecule has 0 spiro atoms. The molecule has 110 valence electrons. The average molecular weight is 301 g/mol. The summed E-state index contributed by atoms with van der Waals surface area (Å²) in [7, 11) is 0. The zero-order chi connectivity index (χ0) is 14.8. The summed E-state index contributed by atoms with van der Waals surface area (Å²) in [5.41, 5.74) is 9.49. The van der Waals surface area contributed by atoms with Crippen LogP contribution in [-0.2, 0) is 12.8 Å². The van der Waals surface area contributed by atoms with Gasteiger partial charge in [0.2, 0.25) is 0 Å². The van der Waals surface area contributed by atoms with Gasteiger partial charge in [0.05, 0.1) is 5.69 Å². The Balaban J connectivity index is 1.69. The molecule has 0 radical (unpaired) electrons. The first-order valence-corrected chi connectivity index (χ1v) is 8.29. The highest BCUT2D eigenvalue weighted by Crippen LogP contribution is 2.45. The number of nitrogens with one attached hydrogen (secondary N) is 1. The van der Waals surface area contributed by atoms with Crippen LogP contribution >= 0.6 is 11.3 Å². The van der Waals surface area contributed by atoms with E-state index in [1.165, 1.54) is 29.0 Å². The number of aryl methyl sites for hydroxylation is 2. The minimum absolute atomic E-state index is 0.0498. The monoisotopic (exact) mass is 301 g/mol. The first-order valence-electron chi connectivity index (χ1n) is 7.47. The van der Waals surface area contributed by atoms with Crippen LogP contribution in [0.4, 0.5) is 5.69 Å². The molecule has 1 atom stereocenters. The Kier molecular flexibility index (Phi) is 2.61. The molecule has 2 aliphatic rings. The van der Waals surface area contributed by atoms with Crippen molar-refractivity contribution in [2.75, 3.05) is 5.73 Å². The summed E-state index contributed by atoms with van der Waals surface area (Å²) < 4.78 is 0. The van der Waals surface area contributed by atoms with Crippen molar-refractivity contribution in [2.45, 2.75) is 45.6 Å². The Hall–Kier alpha value is -1.62. The lowest BCUT2D eigenvalue weighted by molar-refractivity contribution is 0.0951. The molecule has 0 aliphatic heterocycles. The highest BCUT2D eigenvalue weighted by atomic mass is 32.1. The van der Waals surface area contributed by atoms with E-state index in [1.54, 1.807) is 0 Å². The van der Waals surface area contributed by atoms with Crippen molar-refractivity contribution in [1.29, 1.82) is 0 Å². The van der Waals surface area contributed by atoms with Crippen LogP contribution in [-0.4, -0.2) is 16.9 Å². The van der Waals surface area contributed by atoms with Crippen LogP contribution in [0, 0.1) is 5.41 Å². The molecule has 5 heteroatoms. The van der Waals surface area contributed by atoms with Gasteiger partial charge in [0.1, 0.15) is 9.71 Å². The van der Waals surface area contributed by atoms with Gasteiger partial charge in [-0.15, -0.1) is 11.3 Å². The first kappa shape index (κ1) is 13.1. The van der Waals surface area contributed by atoms with E-state index in [0.29, 0.717) is 10.6 Å². The second kappa shape index (κ2) is 4.19. The predicted octanol–water partition coefficient (Wildman–Crippen LogP) is 2.90. The van der Waals surface area contributed by atoms with Gasteiger partial charge in [0.15, 0.2) is 0 Å². The molecule has 3 N–H and O–H groups in total. The molecule has 2 aromatic rings. The number of nitrogens with two attached hydrogens (primary N) is 1. The number of carbonyl (C=O) groups excluding carboxylic acids is 1. The van der Waals surface area contributed by atoms with Crippen LogP contribution in [0.25, 0.3) is 10.2 Å². The minimum atomic E-state index is -0.0498. The summed E-state index contributed by atoms with van der Waals surface area (Å²) in [6.45, 7) is 4.33. The number of thiophene rings is 1. The molecule has 0 saturated heterocycles. The maximum atomic E-state index is 12.4. The van der Waals surface area contributed by atoms with Crippen LogP contribution in [0.1, 0.15) is 47.6 Å². The van der Waals surface area contributed by atoms with Crippen molar-refractivity contribution in [3.63, 3.8) is 0 Å². The van der Waals surface area contributed by atoms with Crippen molar-refractivity contribution in [2.24, 2.45) is 5.41 Å². The summed E-state index contributed by atoms with van der Waals surface area (Å²) in [6.07, 6.45) is 4.33. The van der Waals surface area contributed by atoms with E-state index in [-0.39, 0.29) is 17.4 Å². The smallest absolute Gasteiger partial charge is 0.263 e. The van der Waals surface area contributed by atoms with Gasteiger partial charge < -0.3 is 11.1 Å². The summed E-state index contributed by atoms with van der Waals surface area (Å²) in [5.74, 6) is -0.0498. The van der Waals surface area contributed by atoms with Gasteiger partial charge >= 0.3 is 0 Å². The van der Waals surface area contributed by atoms with Crippen LogP contribution in [0.2, 0.25) is 0 Å². The second-order valence-corrected chi connectivity index (χ2v) is 7.86. The topological polar surface area (TPSA) is 68.0 Å². The molecule has 1 unspecified atom stereocenters. The van der Waals surface area contributed by atoms with Gasteiger partial charge in [0, 0.05) is 17.1 Å². The fourth-order valence-electron chi connectivity index (χ4n) is 3.10. The van der Waals surface area contributed by atoms with Crippen molar-refractivity contribution in [3.05, 3.63) is 22.2 Å². The quantitative estimate of drug-likeness (QED) is 0.896. The number of amides is 1. The maximum Gasteiger partial charge on any atom is 0.263 e. The normalized spacial score (nSPS) is 22.3. The van der Waals surface area contributed by atoms with E-state index in [4.69, 9.17) is 10.7 Å². The summed E-state index contributed by atoms with van der Waals surface area (Å²) >= 11 is 1.42. The van der Waals surface area contributed by atoms with Crippen molar-refractivity contribution in [3.8, 4) is 0 Å². The minimum Gasteiger partial charge on any atom is -0.397 e. The van der Waals surface area contributed by atoms with Gasteiger partial charge in [-0.1, -0.05) is 13.8 Å². The predicted molar refractivity (Wildman–Crippen MR) is 85.7 cm³/mol. The molecule has 4 nitrogen and oxygen atoms in total. The van der Waals surface area contributed by atoms with Gasteiger partial charge in [-0.05, 0) is 42.7 Å². The van der Waals surface area contributed by atoms with Gasteiger partial charge in [-0.2, -0.15) is 0 Å². The number of nitrogen functional groups attached to an aromatic ring is 1. The zero-order valence-electron chi connectivity index (χ0n) is 12.3. The van der Waals surface area contributed by atoms with Crippen molar-refractivity contribution < 1.29 is 4.79 Å². The number of anilines is 1. The van der Waals surface area contributed by atoms with Crippen LogP contribution in [0.5, 0.6) is 0 Å². The third-order valence-electron chi connectivity index (χ3n) is 4.77. The largest absolute Gasteiger partial charge is 0.397 e. The molecule has 4 rings (SSSR count). The van der Waals surface area contributed by atoms with Crippen molar-refractivity contribution >= 4 is 33.1 Å². The molecule has 1 saturated carbocycles. The molecule has 2 aromatic heterocycles. The van der Waals surface area contributed by atoms with Gasteiger partial charge in [-0.25, -0.2) is 4.98 Å². The number of rotatable bonds is 2. The standard InChI is InChI=1S/C16H19N3OS/c1-16(2)7-11(16)19-14(20)13-12(17)9-6-8-4-3-5-10(8)18-15(9)21-13/h6,11H,3-5,7,17H2,1-2H3,(H,19,20). The summed E-state index contributed by atoms with van der Waals surface area (Å²) in [4.78, 5) is 18.6. The number of hydrogen-bond donors (Lipinski definition) is 2. The van der Waals surface area contributed by atoms with Crippen LogP contribution in [0.3, 0.4) is 0 Å². The molecular formula is C16H19N3OS. The number of nitrogens with zero attached hydrogens (tertiary/aromatic N) is 1. The lowest BCUT2D eigenvalue weighted by atomic mass is 10.1. The number of hydrogen-bond acceptors (Lipinski definition) is 4. The average Bonchev–Trinajstić information content (AvgIpc) is 2.81. The van der Waals surface area contributed by atoms with Gasteiger partial charge in [-0.3, -0.25) is 4.79 Å². The fraction of sp³-hybridized carbons (Fsp3) is 0.500. The lowest BCUT2D eigenvalue weighted by Gasteiger charge is -2.05. The summed E-state index contributed by atoms with van der Waals surface area (Å²) in [5, 5.41) is 4.03. The second-order valence-electron chi connectivity index (χ2n) is 6.86. The van der Waals surface area contributed by atoms with E-state index >= 15 is 0 Å². The van der Waals surface area contributed by atoms with E-state index in [0.717, 1.165) is 29.5 Å². The molecule has 0 aromatic carbocycles. The van der Waals surface area contributed by atoms with E-state index in [2.05, 4.69) is 25.2 Å². The van der Waals surface area contributed by atoms with Gasteiger partial charge in [0.25, 0.3) is 5.91 Å². The highest BCUT2D eigenvalue weighted by Gasteiger charge is 2.46. The SMILES string of the molecule is CC1(C)CC1NC(=O)c1sc2nc3c(cc2c1N)CCC3. The van der Waals surface area contributed by atoms with E-state index < -0.39 is 0 Å². The molecule has 1 fully saturated rings. The molecule has 1 amide bonds. The Bertz CT molecular complexity index is 762. The highest BCUT2D eigenvalue weighted by molar-refractivity contribution is 7.21. The Morgan fingerprint density at radius 1 is 1.48 bits per heavy atom. The number of fused-ring (bicyclic) bond motifs is 2. The maximum absolute atomic E-state index is 12.4. The third kappa shape index (κ3) is 2.02. The number of carbonyl (C=O) groups is 1. The van der Waals surface area contributed by atoms with E-state index in [1.807, 2.05) is 0 Å². The number of aromatic nitrogens is 1. The van der Waals surface area contributed by atoms with Crippen LogP contribution < -0.4 is 11.1 Å². The fourth-order valence-corrected chi connectivity index (χ4v) is 4.10. The third-order valence-corrected chi connectivity index (χ3v) is 5.89. The molecule has 21 heavy (non-hydrogen) atoms. The molecule has 2 aliphatic carbocycles. The molecular weight excluding hydrogens is 282 g/mol.